The third kappa shape index (κ3) is 2.11. The van der Waals surface area contributed by atoms with Gasteiger partial charge >= 0.3 is 5.97 Å². The Kier molecular flexibility index (Phi) is 2.98. The molecule has 4 heteroatoms. The van der Waals surface area contributed by atoms with Gasteiger partial charge in [-0.3, -0.25) is 4.79 Å². The quantitative estimate of drug-likeness (QED) is 0.539. The van der Waals surface area contributed by atoms with Crippen molar-refractivity contribution in [2.24, 2.45) is 29.6 Å². The van der Waals surface area contributed by atoms with Gasteiger partial charge in [0.25, 0.3) is 0 Å². The van der Waals surface area contributed by atoms with Crippen molar-refractivity contribution >= 4 is 5.97 Å². The lowest BCUT2D eigenvalue weighted by molar-refractivity contribution is -0.299. The fourth-order valence-electron chi connectivity index (χ4n) is 3.85. The zero-order chi connectivity index (χ0) is 13.8. The van der Waals surface area contributed by atoms with Crippen molar-refractivity contribution in [2.75, 3.05) is 0 Å². The van der Waals surface area contributed by atoms with Crippen LogP contribution in [0.2, 0.25) is 0 Å². The molecular formula is C15H22O4. The summed E-state index contributed by atoms with van der Waals surface area (Å²) in [6.07, 6.45) is 5.23. The molecule has 2 heterocycles. The van der Waals surface area contributed by atoms with Crippen LogP contribution in [0.1, 0.15) is 33.6 Å². The largest absolute Gasteiger partial charge is 0.435 e. The van der Waals surface area contributed by atoms with Crippen LogP contribution in [-0.4, -0.2) is 23.2 Å². The van der Waals surface area contributed by atoms with E-state index in [1.807, 2.05) is 6.92 Å². The van der Waals surface area contributed by atoms with Crippen molar-refractivity contribution in [1.29, 1.82) is 0 Å². The molecule has 0 unspecified atom stereocenters. The summed E-state index contributed by atoms with van der Waals surface area (Å²) in [7, 11) is 0. The van der Waals surface area contributed by atoms with Crippen LogP contribution in [0, 0.1) is 29.6 Å². The summed E-state index contributed by atoms with van der Waals surface area (Å²) in [4.78, 5) is 11.9. The molecule has 0 radical (unpaired) electrons. The van der Waals surface area contributed by atoms with Crippen molar-refractivity contribution < 1.29 is 19.4 Å². The van der Waals surface area contributed by atoms with Crippen molar-refractivity contribution in [3.8, 4) is 0 Å². The lowest BCUT2D eigenvalue weighted by Gasteiger charge is -2.45. The average molecular weight is 266 g/mol. The van der Waals surface area contributed by atoms with Gasteiger partial charge in [-0.2, -0.15) is 0 Å². The summed E-state index contributed by atoms with van der Waals surface area (Å²) in [6.45, 7) is 5.77. The Morgan fingerprint density at radius 1 is 1.37 bits per heavy atom. The van der Waals surface area contributed by atoms with E-state index in [9.17, 15) is 9.90 Å². The lowest BCUT2D eigenvalue weighted by Crippen LogP contribution is -2.51. The molecule has 2 fully saturated rings. The number of carbonyl (C=O) groups is 1. The van der Waals surface area contributed by atoms with Crippen LogP contribution < -0.4 is 0 Å². The molecule has 106 valence electrons. The van der Waals surface area contributed by atoms with Gasteiger partial charge in [-0.05, 0) is 31.1 Å². The Hall–Kier alpha value is -0.870. The van der Waals surface area contributed by atoms with Gasteiger partial charge < -0.3 is 14.6 Å². The van der Waals surface area contributed by atoms with Gasteiger partial charge in [0.1, 0.15) is 0 Å². The first-order valence-electron chi connectivity index (χ1n) is 7.18. The first-order valence-corrected chi connectivity index (χ1v) is 7.18. The molecule has 19 heavy (non-hydrogen) atoms. The molecular weight excluding hydrogens is 244 g/mol. The normalized spacial score (nSPS) is 53.2. The van der Waals surface area contributed by atoms with E-state index in [2.05, 4.69) is 19.1 Å². The maximum atomic E-state index is 11.9. The number of carbonyl (C=O) groups excluding carboxylic acids is 1. The molecule has 3 aliphatic rings. The van der Waals surface area contributed by atoms with Crippen LogP contribution in [0.4, 0.5) is 0 Å². The first kappa shape index (κ1) is 13.1. The minimum atomic E-state index is -1.20. The minimum absolute atomic E-state index is 0.126. The van der Waals surface area contributed by atoms with Gasteiger partial charge in [0.2, 0.25) is 6.29 Å². The zero-order valence-electron chi connectivity index (χ0n) is 11.7. The van der Waals surface area contributed by atoms with Gasteiger partial charge in [-0.15, -0.1) is 0 Å². The van der Waals surface area contributed by atoms with Gasteiger partial charge in [0.15, 0.2) is 5.79 Å². The van der Waals surface area contributed by atoms with Gasteiger partial charge in [-0.25, -0.2) is 0 Å². The Morgan fingerprint density at radius 2 is 2.11 bits per heavy atom. The average Bonchev–Trinajstić information content (AvgIpc) is 2.46. The molecule has 0 spiro atoms. The van der Waals surface area contributed by atoms with E-state index < -0.39 is 12.1 Å². The van der Waals surface area contributed by atoms with Crippen LogP contribution in [0.15, 0.2) is 12.2 Å². The maximum absolute atomic E-state index is 11.9. The van der Waals surface area contributed by atoms with Crippen LogP contribution in [-0.2, 0) is 14.3 Å². The highest BCUT2D eigenvalue weighted by atomic mass is 16.8. The summed E-state index contributed by atoms with van der Waals surface area (Å²) in [5.74, 6) is -0.369. The number of allylic oxidation sites excluding steroid dienone is 2. The zero-order valence-corrected chi connectivity index (χ0v) is 11.7. The molecule has 2 aliphatic heterocycles. The molecule has 3 rings (SSSR count). The molecule has 0 aromatic rings. The molecule has 4 nitrogen and oxygen atoms in total. The van der Waals surface area contributed by atoms with Crippen LogP contribution in [0.3, 0.4) is 0 Å². The number of rotatable bonds is 0. The van der Waals surface area contributed by atoms with E-state index >= 15 is 0 Å². The summed E-state index contributed by atoms with van der Waals surface area (Å²) in [5, 5.41) is 10.2. The van der Waals surface area contributed by atoms with Crippen LogP contribution in [0.25, 0.3) is 0 Å². The van der Waals surface area contributed by atoms with Crippen molar-refractivity contribution in [3.63, 3.8) is 0 Å². The lowest BCUT2D eigenvalue weighted by atomic mass is 9.65. The number of ether oxygens (including phenoxy) is 2. The third-order valence-electron chi connectivity index (χ3n) is 5.06. The maximum Gasteiger partial charge on any atom is 0.311 e. The number of aliphatic hydroxyl groups is 1. The van der Waals surface area contributed by atoms with Crippen molar-refractivity contribution in [3.05, 3.63) is 12.2 Å². The summed E-state index contributed by atoms with van der Waals surface area (Å²) >= 11 is 0. The topological polar surface area (TPSA) is 55.8 Å². The third-order valence-corrected chi connectivity index (χ3v) is 5.06. The smallest absolute Gasteiger partial charge is 0.311 e. The summed E-state index contributed by atoms with van der Waals surface area (Å²) < 4.78 is 11.1. The molecule has 1 N–H and O–H groups in total. The Morgan fingerprint density at radius 3 is 2.84 bits per heavy atom. The summed E-state index contributed by atoms with van der Waals surface area (Å²) in [5.41, 5.74) is 0. The van der Waals surface area contributed by atoms with E-state index in [0.717, 1.165) is 6.42 Å². The van der Waals surface area contributed by atoms with Gasteiger partial charge in [0, 0.05) is 12.3 Å². The fourth-order valence-corrected chi connectivity index (χ4v) is 3.85. The number of esters is 1. The monoisotopic (exact) mass is 266 g/mol. The number of hydrogen-bond donors (Lipinski definition) is 1. The molecule has 0 saturated carbocycles. The number of hydrogen-bond acceptors (Lipinski definition) is 4. The van der Waals surface area contributed by atoms with E-state index in [1.165, 1.54) is 0 Å². The van der Waals surface area contributed by atoms with E-state index in [0.29, 0.717) is 18.3 Å². The second-order valence-electron chi connectivity index (χ2n) is 6.49. The molecule has 0 aromatic heterocycles. The second kappa shape index (κ2) is 4.32. The van der Waals surface area contributed by atoms with E-state index in [-0.39, 0.29) is 23.7 Å². The molecule has 0 bridgehead atoms. The Labute approximate surface area is 113 Å². The molecule has 1 aliphatic carbocycles. The van der Waals surface area contributed by atoms with Crippen LogP contribution in [0.5, 0.6) is 0 Å². The highest BCUT2D eigenvalue weighted by molar-refractivity contribution is 5.73. The molecule has 0 amide bonds. The summed E-state index contributed by atoms with van der Waals surface area (Å²) in [6, 6.07) is 0. The molecule has 0 aromatic carbocycles. The predicted octanol–water partition coefficient (Wildman–Crippen LogP) is 2.08. The Balaban J connectivity index is 1.99. The standard InChI is InChI=1S/C15H22O4/c1-8-4-5-11-9(2)13(16)18-14-12(11)10(8)6-7-15(3,17)19-14/h4-5,8-12,14,17H,6-7H2,1-3H3/t8-,9-,10+,11-,12-,14+,15+/m1/s1. The van der Waals surface area contributed by atoms with Crippen molar-refractivity contribution in [2.45, 2.75) is 45.7 Å². The first-order chi connectivity index (χ1) is 8.89. The van der Waals surface area contributed by atoms with Gasteiger partial charge in [0.05, 0.1) is 5.92 Å². The van der Waals surface area contributed by atoms with E-state index in [4.69, 9.17) is 9.47 Å². The molecule has 7 atom stereocenters. The predicted molar refractivity (Wildman–Crippen MR) is 68.8 cm³/mol. The van der Waals surface area contributed by atoms with Gasteiger partial charge in [-0.1, -0.05) is 26.0 Å². The molecule has 2 saturated heterocycles. The second-order valence-corrected chi connectivity index (χ2v) is 6.49. The van der Waals surface area contributed by atoms with E-state index in [1.54, 1.807) is 6.92 Å². The highest BCUT2D eigenvalue weighted by Gasteiger charge is 2.52. The fraction of sp³-hybridized carbons (Fsp3) is 0.800. The Bertz CT molecular complexity index is 414. The van der Waals surface area contributed by atoms with Crippen LogP contribution >= 0.6 is 0 Å². The highest BCUT2D eigenvalue weighted by Crippen LogP contribution is 2.49. The minimum Gasteiger partial charge on any atom is -0.435 e. The SMILES string of the molecule is C[C@@H]1C=C[C@H]2[C@@H]3[C@@H](OC(=O)[C@@H]2C)O[C@](C)(O)CC[C@H]31. The van der Waals surface area contributed by atoms with Crippen molar-refractivity contribution in [1.82, 2.24) is 0 Å².